The Morgan fingerprint density at radius 1 is 0.390 bits per heavy atom. The van der Waals surface area contributed by atoms with E-state index >= 15 is 0 Å². The van der Waals surface area contributed by atoms with Gasteiger partial charge in [0, 0.05) is 32.9 Å². The predicted molar refractivity (Wildman–Crippen MR) is 178 cm³/mol. The Hall–Kier alpha value is -4.86. The second kappa shape index (κ2) is 9.08. The van der Waals surface area contributed by atoms with Gasteiger partial charge in [-0.05, 0) is 48.3 Å². The Morgan fingerprint density at radius 3 is 0.951 bits per heavy atom. The van der Waals surface area contributed by atoms with Crippen molar-refractivity contribution in [2.24, 2.45) is 0 Å². The number of fused-ring (bicyclic) bond motifs is 6. The lowest BCUT2D eigenvalue weighted by Crippen LogP contribution is -2.52. The zero-order valence-corrected chi connectivity index (χ0v) is 22.4. The molecule has 0 radical (unpaired) electrons. The van der Waals surface area contributed by atoms with Gasteiger partial charge in [0.1, 0.15) is 8.07 Å². The fourth-order valence-corrected chi connectivity index (χ4v) is 6.62. The summed E-state index contributed by atoms with van der Waals surface area (Å²) in [5.74, 6) is 0. The number of benzene rings is 6. The molecule has 0 fully saturated rings. The summed E-state index contributed by atoms with van der Waals surface area (Å²) in [6, 6.07) is -18.3. The van der Waals surface area contributed by atoms with E-state index < -0.39 is 187 Å². The van der Waals surface area contributed by atoms with Crippen LogP contribution in [0.5, 0.6) is 0 Å². The van der Waals surface area contributed by atoms with Crippen molar-refractivity contribution in [3.63, 3.8) is 0 Å². The molecule has 0 saturated carbocycles. The average molecular weight is 567 g/mol. The highest BCUT2D eigenvalue weighted by atomic mass is 28.3. The van der Waals surface area contributed by atoms with Crippen LogP contribution in [0, 0.1) is 0 Å². The monoisotopic (exact) mass is 566 g/mol. The van der Waals surface area contributed by atoms with E-state index in [1.807, 2.05) is 0 Å². The van der Waals surface area contributed by atoms with Crippen molar-refractivity contribution in [1.82, 2.24) is 9.13 Å². The standard InChI is InChI=1S/C38H30N2Si/c1-41(2,29-23-19-27(20-24-29)39-35-15-7-3-11-31(35)32-12-4-8-16-36(32)39)30-25-21-28(22-26-30)40-37-17-9-5-13-33(37)34-14-6-10-18-38(34)40/h3-26H,1-2H3/i3D,4D,5D,6D,7D,8D,9D,10D,11D,12D,13D,14D,15D,16D,17D,18D,19D,20D,21D,22D,23D,24D,25D,26D. The van der Waals surface area contributed by atoms with E-state index in [1.54, 1.807) is 0 Å². The molecule has 0 bridgehead atoms. The van der Waals surface area contributed by atoms with E-state index in [1.165, 1.54) is 13.1 Å². The molecule has 8 aromatic rings. The Bertz CT molecular complexity index is 3130. The normalized spacial score (nSPS) is 20.3. The van der Waals surface area contributed by atoms with Crippen LogP contribution in [0.4, 0.5) is 0 Å². The average Bonchev–Trinajstić information content (AvgIpc) is 3.79. The van der Waals surface area contributed by atoms with Crippen molar-refractivity contribution in [3.8, 4) is 11.4 Å². The minimum Gasteiger partial charge on any atom is -0.309 e. The van der Waals surface area contributed by atoms with Gasteiger partial charge >= 0.3 is 0 Å². The maximum absolute atomic E-state index is 9.35. The molecule has 0 saturated heterocycles. The van der Waals surface area contributed by atoms with E-state index in [4.69, 9.17) is 21.9 Å². The molecule has 2 nitrogen and oxygen atoms in total. The van der Waals surface area contributed by atoms with Gasteiger partial charge in [-0.15, -0.1) is 0 Å². The summed E-state index contributed by atoms with van der Waals surface area (Å²) in [6.45, 7) is 2.86. The van der Waals surface area contributed by atoms with Crippen LogP contribution in [-0.2, 0) is 0 Å². The van der Waals surface area contributed by atoms with Crippen molar-refractivity contribution in [3.05, 3.63) is 145 Å². The van der Waals surface area contributed by atoms with Gasteiger partial charge in [0.05, 0.1) is 55.0 Å². The maximum atomic E-state index is 9.35. The van der Waals surface area contributed by atoms with E-state index in [-0.39, 0.29) is 31.9 Å². The Balaban J connectivity index is 1.46. The topological polar surface area (TPSA) is 9.86 Å². The van der Waals surface area contributed by atoms with Gasteiger partial charge in [0.15, 0.2) is 0 Å². The van der Waals surface area contributed by atoms with Crippen molar-refractivity contribution in [1.29, 1.82) is 0 Å². The Labute approximate surface area is 274 Å². The van der Waals surface area contributed by atoms with E-state index in [0.29, 0.717) is 0 Å². The van der Waals surface area contributed by atoms with Crippen LogP contribution >= 0.6 is 0 Å². The predicted octanol–water partition coefficient (Wildman–Crippen LogP) is 8.70. The molecule has 8 rings (SSSR count). The quantitative estimate of drug-likeness (QED) is 0.189. The lowest BCUT2D eigenvalue weighted by molar-refractivity contribution is 1.18. The number of para-hydroxylation sites is 4. The van der Waals surface area contributed by atoms with Crippen LogP contribution in [0.3, 0.4) is 0 Å². The molecule has 6 aromatic carbocycles. The number of hydrogen-bond acceptors (Lipinski definition) is 0. The fourth-order valence-electron chi connectivity index (χ4n) is 4.87. The molecule has 41 heavy (non-hydrogen) atoms. The summed E-state index contributed by atoms with van der Waals surface area (Å²) in [6.07, 6.45) is 0. The van der Waals surface area contributed by atoms with Crippen LogP contribution in [0.15, 0.2) is 145 Å². The highest BCUT2D eigenvalue weighted by Crippen LogP contribution is 2.33. The molecule has 0 aliphatic rings. The van der Waals surface area contributed by atoms with Crippen LogP contribution in [0.1, 0.15) is 32.9 Å². The number of nitrogens with zero attached hydrogens (tertiary/aromatic N) is 2. The summed E-state index contributed by atoms with van der Waals surface area (Å²) >= 11 is 0. The summed E-state index contributed by atoms with van der Waals surface area (Å²) in [7, 11) is -4.07. The molecule has 0 aliphatic carbocycles. The highest BCUT2D eigenvalue weighted by Gasteiger charge is 2.26. The Morgan fingerprint density at radius 2 is 0.659 bits per heavy atom. The zero-order chi connectivity index (χ0) is 48.4. The molecule has 0 atom stereocenters. The van der Waals surface area contributed by atoms with Gasteiger partial charge in [0.2, 0.25) is 0 Å². The Kier molecular flexibility index (Phi) is 2.19. The second-order valence-electron chi connectivity index (χ2n) is 9.64. The van der Waals surface area contributed by atoms with E-state index in [2.05, 4.69) is 0 Å². The molecule has 2 aromatic heterocycles. The van der Waals surface area contributed by atoms with Gasteiger partial charge < -0.3 is 9.13 Å². The summed E-state index contributed by atoms with van der Waals surface area (Å²) in [4.78, 5) is 0. The molecule has 0 unspecified atom stereocenters. The van der Waals surface area contributed by atoms with Crippen molar-refractivity contribution in [2.75, 3.05) is 0 Å². The molecule has 0 N–H and O–H groups in total. The maximum Gasteiger partial charge on any atom is 0.112 e. The number of rotatable bonds is 4. The molecular weight excluding hydrogens is 513 g/mol. The summed E-state index contributed by atoms with van der Waals surface area (Å²) in [5, 5.41) is -2.18. The van der Waals surface area contributed by atoms with Crippen molar-refractivity contribution in [2.45, 2.75) is 13.1 Å². The molecule has 0 aliphatic heterocycles. The fraction of sp³-hybridized carbons (Fsp3) is 0.0526. The molecule has 0 spiro atoms. The van der Waals surface area contributed by atoms with Gasteiger partial charge in [-0.2, -0.15) is 0 Å². The van der Waals surface area contributed by atoms with Crippen LogP contribution in [0.2, 0.25) is 13.1 Å². The third kappa shape index (κ3) is 3.63. The minimum absolute atomic E-state index is 0.352. The SMILES string of the molecule is [2H]c1c([2H])c([Si](C)(C)c2c([2H])c([2H])c(-n3c4c([2H])c([2H])c([2H])c([2H])c4c4c([2H])c([2H])c([2H])c([2H])c43)c([2H])c2[2H])c([2H])c([2H])c1-n1c2c([2H])c([2H])c([2H])c([2H])c2c2c([2H])c([2H])c([2H])c([2H])c21. The van der Waals surface area contributed by atoms with Crippen LogP contribution in [-0.4, -0.2) is 17.2 Å². The highest BCUT2D eigenvalue weighted by molar-refractivity contribution is 7.00. The summed E-state index contributed by atoms with van der Waals surface area (Å²) in [5.41, 5.74) is -3.15. The van der Waals surface area contributed by atoms with Gasteiger partial charge in [0.25, 0.3) is 0 Å². The van der Waals surface area contributed by atoms with Crippen LogP contribution < -0.4 is 10.4 Å². The molecule has 2 heterocycles. The molecule has 0 amide bonds. The molecule has 196 valence electrons. The first-order valence-corrected chi connectivity index (χ1v) is 15.3. The van der Waals surface area contributed by atoms with E-state index in [9.17, 15) is 11.0 Å². The third-order valence-corrected chi connectivity index (χ3v) is 9.99. The second-order valence-corrected chi connectivity index (χ2v) is 13.9. The van der Waals surface area contributed by atoms with Crippen LogP contribution in [0.25, 0.3) is 55.0 Å². The number of aromatic nitrogens is 2. The van der Waals surface area contributed by atoms with Gasteiger partial charge in [-0.3, -0.25) is 0 Å². The summed E-state index contributed by atoms with van der Waals surface area (Å²) < 4.78 is 214. The van der Waals surface area contributed by atoms with E-state index in [0.717, 1.165) is 9.13 Å². The first kappa shape index (κ1) is 9.90. The lowest BCUT2D eigenvalue weighted by atomic mass is 10.2. The third-order valence-electron chi connectivity index (χ3n) is 6.99. The first-order chi connectivity index (χ1) is 30.1. The van der Waals surface area contributed by atoms with Crippen molar-refractivity contribution >= 4 is 62.1 Å². The van der Waals surface area contributed by atoms with Crippen molar-refractivity contribution < 1.29 is 32.9 Å². The minimum atomic E-state index is -4.07. The lowest BCUT2D eigenvalue weighted by Gasteiger charge is -2.24. The first-order valence-electron chi connectivity index (χ1n) is 24.3. The smallest absolute Gasteiger partial charge is 0.112 e. The molecular formula is C38H30N2Si. The molecule has 3 heteroatoms. The largest absolute Gasteiger partial charge is 0.309 e. The number of hydrogen-bond donors (Lipinski definition) is 0. The van der Waals surface area contributed by atoms with Gasteiger partial charge in [-0.1, -0.05) is 120 Å². The van der Waals surface area contributed by atoms with Gasteiger partial charge in [-0.25, -0.2) is 0 Å². The zero-order valence-electron chi connectivity index (χ0n) is 45.4.